The van der Waals surface area contributed by atoms with E-state index in [9.17, 15) is 9.59 Å². The Kier molecular flexibility index (Phi) is 5.13. The molecule has 1 heterocycles. The van der Waals surface area contributed by atoms with Crippen molar-refractivity contribution in [1.82, 2.24) is 0 Å². The molecular weight excluding hydrogens is 300 g/mol. The van der Waals surface area contributed by atoms with E-state index in [0.29, 0.717) is 13.1 Å². The van der Waals surface area contributed by atoms with Gasteiger partial charge in [0.05, 0.1) is 25.4 Å². The number of amides is 1. The molecule has 6 heteroatoms. The molecule has 1 aromatic rings. The topological polar surface area (TPSA) is 59.8 Å². The maximum Gasteiger partial charge on any atom is 0.390 e. The van der Waals surface area contributed by atoms with E-state index in [1.165, 1.54) is 11.8 Å². The predicted octanol–water partition coefficient (Wildman–Crippen LogP) is 1.22. The van der Waals surface area contributed by atoms with Gasteiger partial charge in [-0.05, 0) is 57.2 Å². The first-order valence-electron chi connectivity index (χ1n) is 7.63. The lowest BCUT2D eigenvalue weighted by Gasteiger charge is -2.38. The molecule has 0 saturated heterocycles. The summed E-state index contributed by atoms with van der Waals surface area (Å²) in [5, 5.41) is 2.89. The number of hydrogen-bond donors (Lipinski definition) is 2. The Morgan fingerprint density at radius 2 is 2.00 bits per heavy atom. The Morgan fingerprint density at radius 1 is 1.32 bits per heavy atom. The third kappa shape index (κ3) is 2.73. The summed E-state index contributed by atoms with van der Waals surface area (Å²) in [5.74, 6) is -0.769. The largest absolute Gasteiger partial charge is 0.460 e. The number of carbonyl (C=O) groups excluding carboxylic acids is 2. The molecule has 1 aromatic carbocycles. The van der Waals surface area contributed by atoms with E-state index in [2.05, 4.69) is 5.32 Å². The number of benzene rings is 1. The second-order valence-electron chi connectivity index (χ2n) is 5.27. The molecule has 0 radical (unpaired) electrons. The van der Waals surface area contributed by atoms with Crippen molar-refractivity contribution in [2.75, 3.05) is 25.0 Å². The molecule has 1 aliphatic heterocycles. The quantitative estimate of drug-likeness (QED) is 0.632. The molecule has 0 bridgehead atoms. The van der Waals surface area contributed by atoms with Gasteiger partial charge in [0.15, 0.2) is 0 Å². The second-order valence-corrected chi connectivity index (χ2v) is 6.52. The number of likely N-dealkylation sites (N-methyl/N-ethyl adjacent to an activating group) is 1. The maximum atomic E-state index is 12.8. The number of quaternary nitrogens is 1. The van der Waals surface area contributed by atoms with Crippen LogP contribution < -0.4 is 10.2 Å². The molecule has 0 spiro atoms. The summed E-state index contributed by atoms with van der Waals surface area (Å²) in [4.78, 5) is 26.0. The molecule has 0 saturated carbocycles. The van der Waals surface area contributed by atoms with Crippen LogP contribution in [0.4, 0.5) is 5.69 Å². The normalized spacial score (nSPS) is 20.5. The third-order valence-corrected chi connectivity index (χ3v) is 5.39. The maximum absolute atomic E-state index is 12.8. The highest BCUT2D eigenvalue weighted by Crippen LogP contribution is 2.40. The van der Waals surface area contributed by atoms with Gasteiger partial charge in [0.2, 0.25) is 0 Å². The van der Waals surface area contributed by atoms with Crippen molar-refractivity contribution in [2.24, 2.45) is 0 Å². The summed E-state index contributed by atoms with van der Waals surface area (Å²) in [6, 6.07) is 5.82. The average molecular weight is 323 g/mol. The van der Waals surface area contributed by atoms with Crippen molar-refractivity contribution in [3.63, 3.8) is 0 Å². The van der Waals surface area contributed by atoms with Crippen LogP contribution in [-0.2, 0) is 14.3 Å². The third-order valence-electron chi connectivity index (χ3n) is 3.88. The van der Waals surface area contributed by atoms with Gasteiger partial charge in [-0.2, -0.15) is 0 Å². The zero-order valence-electron chi connectivity index (χ0n) is 13.5. The van der Waals surface area contributed by atoms with Gasteiger partial charge in [-0.3, -0.25) is 4.79 Å². The van der Waals surface area contributed by atoms with Crippen molar-refractivity contribution in [3.05, 3.63) is 23.8 Å². The Bertz CT molecular complexity index is 587. The second kappa shape index (κ2) is 6.71. The first-order valence-corrected chi connectivity index (χ1v) is 8.44. The van der Waals surface area contributed by atoms with Crippen LogP contribution in [0.5, 0.6) is 0 Å². The van der Waals surface area contributed by atoms with Crippen LogP contribution in [0.2, 0.25) is 0 Å². The summed E-state index contributed by atoms with van der Waals surface area (Å²) < 4.78 is 5.24. The standard InChI is InChI=1S/C16H22N2O3S/c1-5-18(6-2)16(15(20)21-7-3)14(19)17-12-9-8-11(4)10-13(12)22-16/h8-10H,5-7H2,1-4H3,(H,17,19)/p+1/t16-/m0/s1. The van der Waals surface area contributed by atoms with E-state index in [0.717, 1.165) is 21.0 Å². The Morgan fingerprint density at radius 3 is 2.59 bits per heavy atom. The molecule has 0 unspecified atom stereocenters. The van der Waals surface area contributed by atoms with Gasteiger partial charge in [0.1, 0.15) is 0 Å². The van der Waals surface area contributed by atoms with Crippen molar-refractivity contribution in [2.45, 2.75) is 37.5 Å². The van der Waals surface area contributed by atoms with Crippen LogP contribution in [0.25, 0.3) is 0 Å². The van der Waals surface area contributed by atoms with E-state index in [-0.39, 0.29) is 12.5 Å². The number of ether oxygens (including phenoxy) is 1. The molecule has 1 atom stereocenters. The lowest BCUT2D eigenvalue weighted by molar-refractivity contribution is -0.913. The van der Waals surface area contributed by atoms with Gasteiger partial charge in [-0.1, -0.05) is 6.07 Å². The molecule has 0 aliphatic carbocycles. The fourth-order valence-corrected chi connectivity index (χ4v) is 4.25. The van der Waals surface area contributed by atoms with E-state index < -0.39 is 10.8 Å². The van der Waals surface area contributed by atoms with Crippen LogP contribution in [0, 0.1) is 6.92 Å². The summed E-state index contributed by atoms with van der Waals surface area (Å²) in [6.45, 7) is 9.28. The number of fused-ring (bicyclic) bond motifs is 1. The Labute approximate surface area is 135 Å². The van der Waals surface area contributed by atoms with Crippen LogP contribution in [0.1, 0.15) is 26.3 Å². The highest BCUT2D eigenvalue weighted by Gasteiger charge is 2.59. The number of rotatable bonds is 5. The predicted molar refractivity (Wildman–Crippen MR) is 87.1 cm³/mol. The molecule has 0 fully saturated rings. The number of esters is 1. The zero-order valence-corrected chi connectivity index (χ0v) is 14.3. The smallest absolute Gasteiger partial charge is 0.390 e. The van der Waals surface area contributed by atoms with Gasteiger partial charge in [-0.25, -0.2) is 4.79 Å². The number of anilines is 1. The summed E-state index contributed by atoms with van der Waals surface area (Å²) >= 11 is 1.31. The van der Waals surface area contributed by atoms with Gasteiger partial charge in [0.25, 0.3) is 0 Å². The van der Waals surface area contributed by atoms with Crippen LogP contribution >= 0.6 is 11.8 Å². The Hall–Kier alpha value is -1.53. The van der Waals surface area contributed by atoms with Gasteiger partial charge in [0, 0.05) is 4.90 Å². The molecule has 2 rings (SSSR count). The van der Waals surface area contributed by atoms with Crippen LogP contribution in [0.3, 0.4) is 0 Å². The number of aryl methyl sites for hydroxylation is 1. The fourth-order valence-electron chi connectivity index (χ4n) is 2.73. The average Bonchev–Trinajstić information content (AvgIpc) is 2.49. The van der Waals surface area contributed by atoms with E-state index in [4.69, 9.17) is 4.74 Å². The Balaban J connectivity index is 2.53. The van der Waals surface area contributed by atoms with Crippen molar-refractivity contribution < 1.29 is 19.2 Å². The minimum absolute atomic E-state index is 0.260. The van der Waals surface area contributed by atoms with Crippen molar-refractivity contribution >= 4 is 29.3 Å². The van der Waals surface area contributed by atoms with Gasteiger partial charge >= 0.3 is 16.7 Å². The first kappa shape index (κ1) is 16.8. The fraction of sp³-hybridized carbons (Fsp3) is 0.500. The first-order chi connectivity index (χ1) is 10.5. The number of thioether (sulfide) groups is 1. The molecule has 1 aliphatic rings. The minimum atomic E-state index is -1.28. The van der Waals surface area contributed by atoms with E-state index in [1.807, 2.05) is 39.0 Å². The molecule has 5 nitrogen and oxygen atoms in total. The van der Waals surface area contributed by atoms with E-state index >= 15 is 0 Å². The highest BCUT2D eigenvalue weighted by molar-refractivity contribution is 8.02. The van der Waals surface area contributed by atoms with Gasteiger partial charge < -0.3 is 15.0 Å². The van der Waals surface area contributed by atoms with Crippen molar-refractivity contribution in [3.8, 4) is 0 Å². The summed E-state index contributed by atoms with van der Waals surface area (Å²) in [5.41, 5.74) is 1.85. The molecule has 1 amide bonds. The van der Waals surface area contributed by atoms with Gasteiger partial charge in [-0.15, -0.1) is 0 Å². The van der Waals surface area contributed by atoms with Crippen LogP contribution in [0.15, 0.2) is 23.1 Å². The number of hydrogen-bond acceptors (Lipinski definition) is 4. The van der Waals surface area contributed by atoms with Crippen LogP contribution in [-0.4, -0.2) is 36.4 Å². The molecular formula is C16H23N2O3S+. The van der Waals surface area contributed by atoms with E-state index in [1.54, 1.807) is 6.92 Å². The summed E-state index contributed by atoms with van der Waals surface area (Å²) in [6.07, 6.45) is 0. The molecule has 2 N–H and O–H groups in total. The zero-order chi connectivity index (χ0) is 16.3. The molecule has 22 heavy (non-hydrogen) atoms. The number of carbonyl (C=O) groups is 2. The number of nitrogens with one attached hydrogen (secondary N) is 2. The molecule has 0 aromatic heterocycles. The monoisotopic (exact) mass is 323 g/mol. The molecule has 120 valence electrons. The lowest BCUT2D eigenvalue weighted by Crippen LogP contribution is -3.22. The minimum Gasteiger partial charge on any atom is -0.460 e. The SMILES string of the molecule is CCOC(=O)[C@@]1([NH+](CC)CC)Sc2cc(C)ccc2NC1=O. The lowest BCUT2D eigenvalue weighted by atomic mass is 10.1. The van der Waals surface area contributed by atoms with Crippen molar-refractivity contribution in [1.29, 1.82) is 0 Å². The highest BCUT2D eigenvalue weighted by atomic mass is 32.2. The summed E-state index contributed by atoms with van der Waals surface area (Å²) in [7, 11) is 0.